The van der Waals surface area contributed by atoms with Crippen molar-refractivity contribution in [2.75, 3.05) is 26.4 Å². The van der Waals surface area contributed by atoms with Crippen molar-refractivity contribution in [3.05, 3.63) is 28.8 Å². The monoisotopic (exact) mass is 240 g/mol. The van der Waals surface area contributed by atoms with Crippen LogP contribution in [0.2, 0.25) is 5.02 Å². The van der Waals surface area contributed by atoms with E-state index in [2.05, 4.69) is 11.0 Å². The highest BCUT2D eigenvalue weighted by Crippen LogP contribution is 2.24. The Kier molecular flexibility index (Phi) is 4.97. The maximum absolute atomic E-state index is 8.92. The first kappa shape index (κ1) is 12.4. The van der Waals surface area contributed by atoms with Gasteiger partial charge in [0.1, 0.15) is 6.07 Å². The third kappa shape index (κ3) is 4.13. The summed E-state index contributed by atoms with van der Waals surface area (Å²) < 4.78 is 0. The highest BCUT2D eigenvalue weighted by Gasteiger charge is 2.03. The molecule has 0 aliphatic rings. The lowest BCUT2D eigenvalue weighted by Gasteiger charge is -2.09. The van der Waals surface area contributed by atoms with Crippen molar-refractivity contribution in [3.8, 4) is 6.07 Å². The van der Waals surface area contributed by atoms with Crippen molar-refractivity contribution in [3.63, 3.8) is 0 Å². The van der Waals surface area contributed by atoms with E-state index in [4.69, 9.17) is 16.9 Å². The number of nitriles is 1. The minimum absolute atomic E-state index is 0.614. The van der Waals surface area contributed by atoms with Crippen molar-refractivity contribution in [2.45, 2.75) is 4.90 Å². The van der Waals surface area contributed by atoms with Crippen LogP contribution < -0.4 is 0 Å². The summed E-state index contributed by atoms with van der Waals surface area (Å²) in [5.41, 5.74) is 0.659. The van der Waals surface area contributed by atoms with Gasteiger partial charge in [-0.2, -0.15) is 5.26 Å². The van der Waals surface area contributed by atoms with Crippen LogP contribution in [0.5, 0.6) is 0 Å². The molecule has 0 atom stereocenters. The molecule has 0 heterocycles. The summed E-state index contributed by atoms with van der Waals surface area (Å²) in [4.78, 5) is 3.12. The van der Waals surface area contributed by atoms with Crippen LogP contribution in [-0.4, -0.2) is 31.3 Å². The molecule has 80 valence electrons. The molecule has 0 saturated carbocycles. The Hall–Kier alpha value is -0.690. The second-order valence-electron chi connectivity index (χ2n) is 3.40. The largest absolute Gasteiger partial charge is 0.309 e. The zero-order valence-corrected chi connectivity index (χ0v) is 10.4. The predicted molar refractivity (Wildman–Crippen MR) is 65.4 cm³/mol. The van der Waals surface area contributed by atoms with Crippen molar-refractivity contribution in [1.29, 1.82) is 5.26 Å². The molecule has 0 unspecified atom stereocenters. The minimum Gasteiger partial charge on any atom is -0.309 e. The molecule has 0 amide bonds. The van der Waals surface area contributed by atoms with E-state index in [1.54, 1.807) is 17.8 Å². The van der Waals surface area contributed by atoms with Crippen LogP contribution in [0, 0.1) is 11.3 Å². The van der Waals surface area contributed by atoms with E-state index in [1.165, 1.54) is 0 Å². The Morgan fingerprint density at radius 2 is 2.20 bits per heavy atom. The average molecular weight is 241 g/mol. The zero-order chi connectivity index (χ0) is 11.3. The highest BCUT2D eigenvalue weighted by molar-refractivity contribution is 7.99. The van der Waals surface area contributed by atoms with Gasteiger partial charge in [0.25, 0.3) is 0 Å². The van der Waals surface area contributed by atoms with Crippen LogP contribution in [0.4, 0.5) is 0 Å². The van der Waals surface area contributed by atoms with Crippen LogP contribution in [0.25, 0.3) is 0 Å². The number of hydrogen-bond acceptors (Lipinski definition) is 3. The first-order valence-electron chi connectivity index (χ1n) is 4.60. The lowest BCUT2D eigenvalue weighted by atomic mass is 10.2. The quantitative estimate of drug-likeness (QED) is 0.758. The molecule has 2 nitrogen and oxygen atoms in total. The van der Waals surface area contributed by atoms with Gasteiger partial charge < -0.3 is 4.90 Å². The molecular weight excluding hydrogens is 228 g/mol. The summed E-state index contributed by atoms with van der Waals surface area (Å²) in [5.74, 6) is 0.976. The zero-order valence-electron chi connectivity index (χ0n) is 8.83. The van der Waals surface area contributed by atoms with Gasteiger partial charge in [-0.05, 0) is 32.3 Å². The first-order valence-corrected chi connectivity index (χ1v) is 5.97. The van der Waals surface area contributed by atoms with Crippen LogP contribution in [0.3, 0.4) is 0 Å². The van der Waals surface area contributed by atoms with Gasteiger partial charge in [-0.3, -0.25) is 0 Å². The summed E-state index contributed by atoms with van der Waals surface area (Å²) >= 11 is 7.50. The second kappa shape index (κ2) is 6.02. The lowest BCUT2D eigenvalue weighted by molar-refractivity contribution is 0.437. The van der Waals surface area contributed by atoms with Crippen LogP contribution in [-0.2, 0) is 0 Å². The number of rotatable bonds is 4. The fourth-order valence-electron chi connectivity index (χ4n) is 1.05. The fraction of sp³-hybridized carbons (Fsp3) is 0.364. The third-order valence-electron chi connectivity index (χ3n) is 1.86. The Labute approximate surface area is 99.8 Å². The standard InChI is InChI=1S/C11H13ClN2S/c1-14(2)5-6-15-11-4-3-10(12)7-9(11)8-13/h3-4,7H,5-6H2,1-2H3. The summed E-state index contributed by atoms with van der Waals surface area (Å²) in [7, 11) is 4.07. The Morgan fingerprint density at radius 3 is 2.80 bits per heavy atom. The molecule has 4 heteroatoms. The Balaban J connectivity index is 2.65. The van der Waals surface area contributed by atoms with Gasteiger partial charge in [0.2, 0.25) is 0 Å². The maximum Gasteiger partial charge on any atom is 0.100 e. The van der Waals surface area contributed by atoms with E-state index in [0.29, 0.717) is 10.6 Å². The minimum atomic E-state index is 0.614. The van der Waals surface area contributed by atoms with Gasteiger partial charge in [-0.15, -0.1) is 11.8 Å². The molecule has 0 aromatic heterocycles. The first-order chi connectivity index (χ1) is 7.13. The van der Waals surface area contributed by atoms with Crippen LogP contribution in [0.15, 0.2) is 23.1 Å². The second-order valence-corrected chi connectivity index (χ2v) is 4.98. The van der Waals surface area contributed by atoms with Gasteiger partial charge in [-0.1, -0.05) is 11.6 Å². The molecular formula is C11H13ClN2S. The number of hydrogen-bond donors (Lipinski definition) is 0. The highest BCUT2D eigenvalue weighted by atomic mass is 35.5. The average Bonchev–Trinajstić information content (AvgIpc) is 2.19. The van der Waals surface area contributed by atoms with Crippen LogP contribution >= 0.6 is 23.4 Å². The Morgan fingerprint density at radius 1 is 1.47 bits per heavy atom. The SMILES string of the molecule is CN(C)CCSc1ccc(Cl)cc1C#N. The molecule has 0 saturated heterocycles. The van der Waals surface area contributed by atoms with E-state index in [0.717, 1.165) is 17.2 Å². The molecule has 0 spiro atoms. The van der Waals surface area contributed by atoms with Crippen molar-refractivity contribution in [1.82, 2.24) is 4.90 Å². The predicted octanol–water partition coefficient (Wildman–Crippen LogP) is 2.87. The summed E-state index contributed by atoms with van der Waals surface area (Å²) in [6.07, 6.45) is 0. The van der Waals surface area contributed by atoms with E-state index in [1.807, 2.05) is 26.2 Å². The van der Waals surface area contributed by atoms with Crippen molar-refractivity contribution >= 4 is 23.4 Å². The number of thioether (sulfide) groups is 1. The van der Waals surface area contributed by atoms with Gasteiger partial charge >= 0.3 is 0 Å². The van der Waals surface area contributed by atoms with Crippen molar-refractivity contribution < 1.29 is 0 Å². The molecule has 1 rings (SSSR count). The van der Waals surface area contributed by atoms with Gasteiger partial charge in [0.15, 0.2) is 0 Å². The molecule has 0 bridgehead atoms. The van der Waals surface area contributed by atoms with E-state index in [-0.39, 0.29) is 0 Å². The number of benzene rings is 1. The maximum atomic E-state index is 8.92. The van der Waals surface area contributed by atoms with Gasteiger partial charge in [0, 0.05) is 22.2 Å². The van der Waals surface area contributed by atoms with Gasteiger partial charge in [-0.25, -0.2) is 0 Å². The van der Waals surface area contributed by atoms with Gasteiger partial charge in [0.05, 0.1) is 5.56 Å². The van der Waals surface area contributed by atoms with E-state index in [9.17, 15) is 0 Å². The molecule has 0 aliphatic carbocycles. The normalized spacial score (nSPS) is 10.3. The molecule has 0 fully saturated rings. The van der Waals surface area contributed by atoms with Crippen molar-refractivity contribution in [2.24, 2.45) is 0 Å². The smallest absolute Gasteiger partial charge is 0.100 e. The molecule has 1 aromatic carbocycles. The molecule has 0 N–H and O–H groups in total. The third-order valence-corrected chi connectivity index (χ3v) is 3.15. The molecule has 0 radical (unpaired) electrons. The molecule has 0 aliphatic heterocycles. The van der Waals surface area contributed by atoms with E-state index < -0.39 is 0 Å². The molecule has 1 aromatic rings. The summed E-state index contributed by atoms with van der Waals surface area (Å²) in [6, 6.07) is 7.59. The Bertz CT molecular complexity index is 371. The van der Waals surface area contributed by atoms with E-state index >= 15 is 0 Å². The van der Waals surface area contributed by atoms with Crippen LogP contribution in [0.1, 0.15) is 5.56 Å². The summed E-state index contributed by atoms with van der Waals surface area (Å²) in [5, 5.41) is 9.53. The number of nitrogens with zero attached hydrogens (tertiary/aromatic N) is 2. The molecule has 15 heavy (non-hydrogen) atoms. The summed E-state index contributed by atoms with van der Waals surface area (Å²) in [6.45, 7) is 0.998. The fourth-order valence-corrected chi connectivity index (χ4v) is 2.33. The topological polar surface area (TPSA) is 27.0 Å². The lowest BCUT2D eigenvalue weighted by Crippen LogP contribution is -2.14. The number of halogens is 1.